The van der Waals surface area contributed by atoms with E-state index in [4.69, 9.17) is 10.5 Å². The average molecular weight is 220 g/mol. The molecule has 88 valence electrons. The summed E-state index contributed by atoms with van der Waals surface area (Å²) >= 11 is 0. The molecule has 1 fully saturated rings. The highest BCUT2D eigenvalue weighted by molar-refractivity contribution is 5.49. The molecule has 0 saturated carbocycles. The van der Waals surface area contributed by atoms with E-state index in [0.29, 0.717) is 12.5 Å². The highest BCUT2D eigenvalue weighted by Crippen LogP contribution is 2.24. The van der Waals surface area contributed by atoms with Crippen LogP contribution in [0, 0.1) is 5.92 Å². The lowest BCUT2D eigenvalue weighted by molar-refractivity contribution is 0.161. The van der Waals surface area contributed by atoms with Gasteiger partial charge in [0.05, 0.1) is 6.61 Å². The van der Waals surface area contributed by atoms with Crippen LogP contribution in [0.2, 0.25) is 0 Å². The van der Waals surface area contributed by atoms with E-state index in [0.717, 1.165) is 19.7 Å². The molecule has 0 amide bonds. The van der Waals surface area contributed by atoms with Gasteiger partial charge in [-0.05, 0) is 24.1 Å². The van der Waals surface area contributed by atoms with Crippen LogP contribution in [0.4, 0.5) is 5.69 Å². The van der Waals surface area contributed by atoms with Crippen LogP contribution in [0.3, 0.4) is 0 Å². The standard InChI is InChI=1S/C13H20N2O/c1-16-10-12-5-6-15(9-12)13-4-2-3-11(7-13)8-14/h2-4,7,12H,5-6,8-10,14H2,1H3. The third-order valence-corrected chi connectivity index (χ3v) is 3.20. The van der Waals surface area contributed by atoms with Crippen molar-refractivity contribution in [2.24, 2.45) is 11.7 Å². The molecule has 1 atom stereocenters. The van der Waals surface area contributed by atoms with Crippen LogP contribution in [-0.2, 0) is 11.3 Å². The van der Waals surface area contributed by atoms with Crippen molar-refractivity contribution in [2.45, 2.75) is 13.0 Å². The van der Waals surface area contributed by atoms with Gasteiger partial charge in [0, 0.05) is 38.3 Å². The molecule has 0 aliphatic carbocycles. The van der Waals surface area contributed by atoms with Gasteiger partial charge in [-0.15, -0.1) is 0 Å². The molecule has 1 saturated heterocycles. The fourth-order valence-electron chi connectivity index (χ4n) is 2.32. The number of nitrogens with zero attached hydrogens (tertiary/aromatic N) is 1. The smallest absolute Gasteiger partial charge is 0.0508 e. The summed E-state index contributed by atoms with van der Waals surface area (Å²) in [6.07, 6.45) is 1.22. The summed E-state index contributed by atoms with van der Waals surface area (Å²) < 4.78 is 5.21. The minimum atomic E-state index is 0.614. The van der Waals surface area contributed by atoms with Crippen molar-refractivity contribution in [1.82, 2.24) is 0 Å². The van der Waals surface area contributed by atoms with Gasteiger partial charge in [-0.25, -0.2) is 0 Å². The van der Waals surface area contributed by atoms with E-state index < -0.39 is 0 Å². The number of anilines is 1. The fraction of sp³-hybridized carbons (Fsp3) is 0.538. The molecule has 0 spiro atoms. The van der Waals surface area contributed by atoms with E-state index in [1.165, 1.54) is 17.7 Å². The molecule has 0 aromatic heterocycles. The lowest BCUT2D eigenvalue weighted by Gasteiger charge is -2.19. The van der Waals surface area contributed by atoms with E-state index in [2.05, 4.69) is 29.2 Å². The molecular formula is C13H20N2O. The minimum absolute atomic E-state index is 0.614. The third kappa shape index (κ3) is 2.54. The molecule has 3 nitrogen and oxygen atoms in total. The Morgan fingerprint density at radius 1 is 1.50 bits per heavy atom. The monoisotopic (exact) mass is 220 g/mol. The predicted molar refractivity (Wildman–Crippen MR) is 66.5 cm³/mol. The largest absolute Gasteiger partial charge is 0.384 e. The summed E-state index contributed by atoms with van der Waals surface area (Å²) in [6.45, 7) is 3.71. The van der Waals surface area contributed by atoms with Crippen LogP contribution >= 0.6 is 0 Å². The second-order valence-electron chi connectivity index (χ2n) is 4.43. The molecule has 1 aromatic carbocycles. The zero-order valence-corrected chi connectivity index (χ0v) is 9.86. The van der Waals surface area contributed by atoms with Gasteiger partial charge in [0.1, 0.15) is 0 Å². The highest BCUT2D eigenvalue weighted by Gasteiger charge is 2.22. The average Bonchev–Trinajstić information content (AvgIpc) is 2.78. The van der Waals surface area contributed by atoms with Gasteiger partial charge < -0.3 is 15.4 Å². The van der Waals surface area contributed by atoms with Crippen LogP contribution in [0.15, 0.2) is 24.3 Å². The number of rotatable bonds is 4. The number of ether oxygens (including phenoxy) is 1. The van der Waals surface area contributed by atoms with Gasteiger partial charge in [-0.2, -0.15) is 0 Å². The summed E-state index contributed by atoms with van der Waals surface area (Å²) in [5, 5.41) is 0. The van der Waals surface area contributed by atoms with Crippen LogP contribution in [-0.4, -0.2) is 26.8 Å². The van der Waals surface area contributed by atoms with Gasteiger partial charge in [0.2, 0.25) is 0 Å². The van der Waals surface area contributed by atoms with Gasteiger partial charge in [-0.1, -0.05) is 12.1 Å². The first-order valence-corrected chi connectivity index (χ1v) is 5.86. The molecule has 1 aliphatic heterocycles. The second kappa shape index (κ2) is 5.32. The van der Waals surface area contributed by atoms with E-state index in [1.807, 2.05) is 0 Å². The zero-order chi connectivity index (χ0) is 11.4. The number of hydrogen-bond donors (Lipinski definition) is 1. The Morgan fingerprint density at radius 2 is 2.38 bits per heavy atom. The van der Waals surface area contributed by atoms with Crippen LogP contribution in [0.5, 0.6) is 0 Å². The Kier molecular flexibility index (Phi) is 3.80. The maximum atomic E-state index is 5.65. The van der Waals surface area contributed by atoms with Crippen molar-refractivity contribution in [2.75, 3.05) is 31.7 Å². The van der Waals surface area contributed by atoms with Crippen molar-refractivity contribution in [3.05, 3.63) is 29.8 Å². The minimum Gasteiger partial charge on any atom is -0.384 e. The Labute approximate surface area is 97.2 Å². The number of hydrogen-bond acceptors (Lipinski definition) is 3. The van der Waals surface area contributed by atoms with Gasteiger partial charge in [0.15, 0.2) is 0 Å². The summed E-state index contributed by atoms with van der Waals surface area (Å²) in [5.74, 6) is 0.673. The Bertz CT molecular complexity index is 340. The van der Waals surface area contributed by atoms with Gasteiger partial charge in [-0.3, -0.25) is 0 Å². The summed E-state index contributed by atoms with van der Waals surface area (Å²) in [5.41, 5.74) is 8.15. The van der Waals surface area contributed by atoms with Crippen molar-refractivity contribution in [3.63, 3.8) is 0 Å². The van der Waals surface area contributed by atoms with Crippen molar-refractivity contribution < 1.29 is 4.74 Å². The van der Waals surface area contributed by atoms with Crippen LogP contribution < -0.4 is 10.6 Å². The Hall–Kier alpha value is -1.06. The fourth-order valence-corrected chi connectivity index (χ4v) is 2.32. The molecule has 0 bridgehead atoms. The Morgan fingerprint density at radius 3 is 3.12 bits per heavy atom. The zero-order valence-electron chi connectivity index (χ0n) is 9.86. The predicted octanol–water partition coefficient (Wildman–Crippen LogP) is 1.62. The van der Waals surface area contributed by atoms with E-state index in [1.54, 1.807) is 7.11 Å². The maximum absolute atomic E-state index is 5.65. The summed E-state index contributed by atoms with van der Waals surface area (Å²) in [7, 11) is 1.78. The molecule has 1 aliphatic rings. The Balaban J connectivity index is 2.02. The normalized spacial score (nSPS) is 20.4. The lowest BCUT2D eigenvalue weighted by atomic mass is 10.1. The van der Waals surface area contributed by atoms with Crippen LogP contribution in [0.25, 0.3) is 0 Å². The maximum Gasteiger partial charge on any atom is 0.0508 e. The first kappa shape index (κ1) is 11.4. The first-order chi connectivity index (χ1) is 7.83. The highest BCUT2D eigenvalue weighted by atomic mass is 16.5. The van der Waals surface area contributed by atoms with E-state index in [9.17, 15) is 0 Å². The molecular weight excluding hydrogens is 200 g/mol. The molecule has 0 radical (unpaired) electrons. The van der Waals surface area contributed by atoms with E-state index in [-0.39, 0.29) is 0 Å². The molecule has 3 heteroatoms. The van der Waals surface area contributed by atoms with Crippen molar-refractivity contribution in [1.29, 1.82) is 0 Å². The molecule has 2 N–H and O–H groups in total. The van der Waals surface area contributed by atoms with Crippen molar-refractivity contribution >= 4 is 5.69 Å². The van der Waals surface area contributed by atoms with Crippen molar-refractivity contribution in [3.8, 4) is 0 Å². The molecule has 1 unspecified atom stereocenters. The number of nitrogens with two attached hydrogens (primary N) is 1. The number of benzene rings is 1. The van der Waals surface area contributed by atoms with Crippen LogP contribution in [0.1, 0.15) is 12.0 Å². The third-order valence-electron chi connectivity index (χ3n) is 3.20. The quantitative estimate of drug-likeness (QED) is 0.838. The first-order valence-electron chi connectivity index (χ1n) is 5.86. The topological polar surface area (TPSA) is 38.5 Å². The molecule has 16 heavy (non-hydrogen) atoms. The van der Waals surface area contributed by atoms with E-state index >= 15 is 0 Å². The SMILES string of the molecule is COCC1CCN(c2cccc(CN)c2)C1. The molecule has 1 heterocycles. The lowest BCUT2D eigenvalue weighted by Crippen LogP contribution is -2.21. The second-order valence-corrected chi connectivity index (χ2v) is 4.43. The number of methoxy groups -OCH3 is 1. The van der Waals surface area contributed by atoms with Gasteiger partial charge >= 0.3 is 0 Å². The molecule has 1 aromatic rings. The van der Waals surface area contributed by atoms with Gasteiger partial charge in [0.25, 0.3) is 0 Å². The summed E-state index contributed by atoms with van der Waals surface area (Å²) in [4.78, 5) is 2.42. The molecule has 2 rings (SSSR count). The summed E-state index contributed by atoms with van der Waals surface area (Å²) in [6, 6.07) is 8.51.